The second kappa shape index (κ2) is 7.38. The summed E-state index contributed by atoms with van der Waals surface area (Å²) >= 11 is 0. The normalized spacial score (nSPS) is 16.9. The predicted octanol–water partition coefficient (Wildman–Crippen LogP) is 1.85. The van der Waals surface area contributed by atoms with Crippen LogP contribution in [-0.2, 0) is 0 Å². The molecule has 4 rings (SSSR count). The molecule has 0 spiro atoms. The summed E-state index contributed by atoms with van der Waals surface area (Å²) in [6, 6.07) is 5.48. The van der Waals surface area contributed by atoms with Gasteiger partial charge in [0.15, 0.2) is 5.65 Å². The third kappa shape index (κ3) is 3.21. The highest BCUT2D eigenvalue weighted by molar-refractivity contribution is 5.99. The van der Waals surface area contributed by atoms with Gasteiger partial charge in [-0.2, -0.15) is 5.10 Å². The number of nitrogens with zero attached hydrogens (tertiary/aromatic N) is 6. The van der Waals surface area contributed by atoms with Crippen molar-refractivity contribution in [3.8, 4) is 0 Å². The number of likely N-dealkylation sites (tertiary alicyclic amines) is 1. The molecular weight excluding hydrogens is 356 g/mol. The summed E-state index contributed by atoms with van der Waals surface area (Å²) in [4.78, 5) is 37.0. The monoisotopic (exact) mass is 378 g/mol. The van der Waals surface area contributed by atoms with Crippen LogP contribution < -0.4 is 0 Å². The Hall–Kier alpha value is -3.29. The largest absolute Gasteiger partial charge is 0.345 e. The second-order valence-electron chi connectivity index (χ2n) is 7.19. The van der Waals surface area contributed by atoms with Crippen LogP contribution in [0.2, 0.25) is 0 Å². The fraction of sp³-hybridized carbons (Fsp3) is 0.350. The van der Waals surface area contributed by atoms with Crippen LogP contribution in [0.25, 0.3) is 5.65 Å². The van der Waals surface area contributed by atoms with Crippen LogP contribution in [0.4, 0.5) is 0 Å². The molecule has 3 aromatic heterocycles. The van der Waals surface area contributed by atoms with Crippen LogP contribution in [0.3, 0.4) is 0 Å². The first-order valence-electron chi connectivity index (χ1n) is 9.30. The Kier molecular flexibility index (Phi) is 4.77. The fourth-order valence-corrected chi connectivity index (χ4v) is 3.69. The van der Waals surface area contributed by atoms with Crippen molar-refractivity contribution in [1.29, 1.82) is 0 Å². The lowest BCUT2D eigenvalue weighted by atomic mass is 9.94. The van der Waals surface area contributed by atoms with Gasteiger partial charge in [-0.25, -0.2) is 9.50 Å². The van der Waals surface area contributed by atoms with Gasteiger partial charge in [0.25, 0.3) is 11.8 Å². The molecule has 8 nitrogen and oxygen atoms in total. The highest BCUT2D eigenvalue weighted by atomic mass is 16.2. The first kappa shape index (κ1) is 18.1. The minimum absolute atomic E-state index is 0.00737. The average Bonchev–Trinajstić information content (AvgIpc) is 3.17. The van der Waals surface area contributed by atoms with Gasteiger partial charge < -0.3 is 9.80 Å². The lowest BCUT2D eigenvalue weighted by molar-refractivity contribution is 0.0704. The van der Waals surface area contributed by atoms with E-state index in [9.17, 15) is 9.59 Å². The summed E-state index contributed by atoms with van der Waals surface area (Å²) in [7, 11) is 3.41. The molecule has 0 aromatic carbocycles. The molecule has 1 aliphatic heterocycles. The number of fused-ring (bicyclic) bond motifs is 1. The van der Waals surface area contributed by atoms with E-state index >= 15 is 0 Å². The molecule has 4 heterocycles. The quantitative estimate of drug-likeness (QED) is 0.694. The summed E-state index contributed by atoms with van der Waals surface area (Å²) < 4.78 is 1.74. The highest BCUT2D eigenvalue weighted by Crippen LogP contribution is 2.28. The molecule has 144 valence electrons. The summed E-state index contributed by atoms with van der Waals surface area (Å²) in [5.41, 5.74) is 2.59. The summed E-state index contributed by atoms with van der Waals surface area (Å²) in [5, 5.41) is 4.42. The van der Waals surface area contributed by atoms with Crippen LogP contribution >= 0.6 is 0 Å². The summed E-state index contributed by atoms with van der Waals surface area (Å²) in [6.07, 6.45) is 8.39. The molecule has 3 aromatic rings. The highest BCUT2D eigenvalue weighted by Gasteiger charge is 2.28. The van der Waals surface area contributed by atoms with Gasteiger partial charge in [-0.1, -0.05) is 0 Å². The topological polar surface area (TPSA) is 83.7 Å². The molecule has 0 radical (unpaired) electrons. The van der Waals surface area contributed by atoms with Crippen LogP contribution in [0.1, 0.15) is 45.2 Å². The van der Waals surface area contributed by atoms with Crippen molar-refractivity contribution in [2.45, 2.75) is 18.8 Å². The van der Waals surface area contributed by atoms with Crippen molar-refractivity contribution >= 4 is 17.5 Å². The zero-order valence-electron chi connectivity index (χ0n) is 15.9. The molecular formula is C20H22N6O2. The van der Waals surface area contributed by atoms with Crippen LogP contribution in [0.15, 0.2) is 43.0 Å². The number of pyridine rings is 1. The number of rotatable bonds is 3. The molecule has 1 fully saturated rings. The Balaban J connectivity index is 1.63. The molecule has 0 bridgehead atoms. The lowest BCUT2D eigenvalue weighted by Crippen LogP contribution is -2.39. The Labute approximate surface area is 162 Å². The number of piperidine rings is 1. The zero-order valence-corrected chi connectivity index (χ0v) is 15.9. The standard InChI is InChI=1S/C20H22N6O2/c1-24(2)20(28)16-12-23-26-17(7-9-22-18(16)26)15-6-4-10-25(13-15)19(27)14-5-3-8-21-11-14/h3,5,7-9,11-12,15H,4,6,10,13H2,1-2H3/t15-/m0/s1. The molecule has 0 saturated carbocycles. The van der Waals surface area contributed by atoms with E-state index in [1.807, 2.05) is 11.0 Å². The van der Waals surface area contributed by atoms with Gasteiger partial charge >= 0.3 is 0 Å². The SMILES string of the molecule is CN(C)C(=O)c1cnn2c([C@H]3CCCN(C(=O)c4cccnc4)C3)ccnc12. The predicted molar refractivity (Wildman–Crippen MR) is 103 cm³/mol. The third-order valence-electron chi connectivity index (χ3n) is 5.10. The number of hydrogen-bond donors (Lipinski definition) is 0. The van der Waals surface area contributed by atoms with E-state index in [0.29, 0.717) is 23.3 Å². The van der Waals surface area contributed by atoms with E-state index < -0.39 is 0 Å². The molecule has 1 atom stereocenters. The van der Waals surface area contributed by atoms with Gasteiger partial charge in [0.05, 0.1) is 17.5 Å². The van der Waals surface area contributed by atoms with Crippen molar-refractivity contribution in [3.05, 3.63) is 59.8 Å². The van der Waals surface area contributed by atoms with Crippen molar-refractivity contribution in [2.75, 3.05) is 27.2 Å². The van der Waals surface area contributed by atoms with Gasteiger partial charge in [-0.15, -0.1) is 0 Å². The number of hydrogen-bond acceptors (Lipinski definition) is 5. The average molecular weight is 378 g/mol. The first-order chi connectivity index (χ1) is 13.6. The van der Waals surface area contributed by atoms with E-state index in [0.717, 1.165) is 25.1 Å². The van der Waals surface area contributed by atoms with Gasteiger partial charge in [0.2, 0.25) is 0 Å². The van der Waals surface area contributed by atoms with Gasteiger partial charge in [0, 0.05) is 51.7 Å². The van der Waals surface area contributed by atoms with Crippen LogP contribution in [-0.4, -0.2) is 68.4 Å². The van der Waals surface area contributed by atoms with E-state index in [1.165, 1.54) is 4.90 Å². The second-order valence-corrected chi connectivity index (χ2v) is 7.19. The van der Waals surface area contributed by atoms with Gasteiger partial charge in [-0.05, 0) is 31.0 Å². The van der Waals surface area contributed by atoms with E-state index in [2.05, 4.69) is 15.1 Å². The van der Waals surface area contributed by atoms with Crippen LogP contribution in [0.5, 0.6) is 0 Å². The van der Waals surface area contributed by atoms with Crippen molar-refractivity contribution < 1.29 is 9.59 Å². The Morgan fingerprint density at radius 3 is 2.79 bits per heavy atom. The smallest absolute Gasteiger partial charge is 0.258 e. The van der Waals surface area contributed by atoms with Gasteiger partial charge in [0.1, 0.15) is 5.56 Å². The minimum Gasteiger partial charge on any atom is -0.345 e. The molecule has 0 aliphatic carbocycles. The molecule has 2 amide bonds. The van der Waals surface area contributed by atoms with Crippen LogP contribution in [0, 0.1) is 0 Å². The fourth-order valence-electron chi connectivity index (χ4n) is 3.69. The van der Waals surface area contributed by atoms with Crippen molar-refractivity contribution in [3.63, 3.8) is 0 Å². The number of carbonyl (C=O) groups excluding carboxylic acids is 2. The molecule has 0 unspecified atom stereocenters. The Morgan fingerprint density at radius 1 is 1.18 bits per heavy atom. The number of amides is 2. The lowest BCUT2D eigenvalue weighted by Gasteiger charge is -2.33. The molecule has 1 aliphatic rings. The van der Waals surface area contributed by atoms with Gasteiger partial charge in [-0.3, -0.25) is 14.6 Å². The van der Waals surface area contributed by atoms with E-state index in [4.69, 9.17) is 0 Å². The van der Waals surface area contributed by atoms with Crippen molar-refractivity contribution in [1.82, 2.24) is 29.4 Å². The molecule has 1 saturated heterocycles. The maximum atomic E-state index is 12.8. The molecule has 28 heavy (non-hydrogen) atoms. The summed E-state index contributed by atoms with van der Waals surface area (Å²) in [6.45, 7) is 1.32. The molecule has 8 heteroatoms. The van der Waals surface area contributed by atoms with E-state index in [-0.39, 0.29) is 17.7 Å². The Bertz CT molecular complexity index is 1010. The van der Waals surface area contributed by atoms with E-state index in [1.54, 1.807) is 55.5 Å². The maximum absolute atomic E-state index is 12.8. The number of carbonyl (C=O) groups is 2. The maximum Gasteiger partial charge on any atom is 0.258 e. The number of aromatic nitrogens is 4. The van der Waals surface area contributed by atoms with Crippen molar-refractivity contribution in [2.24, 2.45) is 0 Å². The summed E-state index contributed by atoms with van der Waals surface area (Å²) in [5.74, 6) is -0.00852. The first-order valence-corrected chi connectivity index (χ1v) is 9.30. The zero-order chi connectivity index (χ0) is 19.7. The third-order valence-corrected chi connectivity index (χ3v) is 5.10. The molecule has 0 N–H and O–H groups in total. The minimum atomic E-state index is -0.128. The Morgan fingerprint density at radius 2 is 2.04 bits per heavy atom.